The van der Waals surface area contributed by atoms with Crippen molar-refractivity contribution in [1.82, 2.24) is 0 Å². The average molecular weight is 252 g/mol. The minimum absolute atomic E-state index is 0.148. The number of carboxylic acids is 1. The molecule has 1 aliphatic rings. The second kappa shape index (κ2) is 3.17. The van der Waals surface area contributed by atoms with Gasteiger partial charge in [-0.2, -0.15) is 5.21 Å². The lowest BCUT2D eigenvalue weighted by Crippen LogP contribution is -2.60. The number of carboxylic acid groups (broad SMARTS) is 1. The number of carbonyl (C=O) groups excluding carboxylic acids is 3. The van der Waals surface area contributed by atoms with Gasteiger partial charge in [0.25, 0.3) is 0 Å². The van der Waals surface area contributed by atoms with E-state index >= 15 is 0 Å². The molecule has 2 amide bonds. The molecular weight excluding hydrogens is 246 g/mol. The molecule has 1 saturated heterocycles. The van der Waals surface area contributed by atoms with Gasteiger partial charge in [-0.1, -0.05) is 0 Å². The highest BCUT2D eigenvalue weighted by Crippen LogP contribution is 2.26. The van der Waals surface area contributed by atoms with Crippen LogP contribution in [0.5, 0.6) is 0 Å². The monoisotopic (exact) mass is 251 g/mol. The van der Waals surface area contributed by atoms with Crippen molar-refractivity contribution in [2.45, 2.75) is 17.8 Å². The number of hydrogen-bond donors (Lipinski definition) is 1. The van der Waals surface area contributed by atoms with Crippen molar-refractivity contribution in [3.8, 4) is 0 Å². The third-order valence-electron chi connectivity index (χ3n) is 1.84. The Balaban J connectivity index is 3.04. The Kier molecular flexibility index (Phi) is 2.51. The van der Waals surface area contributed by atoms with Gasteiger partial charge in [-0.25, -0.2) is 9.59 Å². The van der Waals surface area contributed by atoms with Gasteiger partial charge < -0.3 is 9.90 Å². The van der Waals surface area contributed by atoms with E-state index in [9.17, 15) is 24.7 Å². The summed E-state index contributed by atoms with van der Waals surface area (Å²) in [5.74, 6) is -3.38. The summed E-state index contributed by atoms with van der Waals surface area (Å²) in [6.07, 6.45) is -0.296. The molecule has 72 valence electrons. The predicted molar refractivity (Wildman–Crippen MR) is 39.0 cm³/mol. The summed E-state index contributed by atoms with van der Waals surface area (Å²) in [5, 5.41) is 19.8. The molecule has 1 fully saturated rings. The molecule has 0 saturated carbocycles. The molecule has 0 radical (unpaired) electrons. The Morgan fingerprint density at radius 2 is 1.85 bits per heavy atom. The highest BCUT2D eigenvalue weighted by Gasteiger charge is 2.55. The lowest BCUT2D eigenvalue weighted by Gasteiger charge is -2.24. The number of imide groups is 1. The van der Waals surface area contributed by atoms with Gasteiger partial charge in [-0.05, 0) is 20.6 Å². The van der Waals surface area contributed by atoms with Crippen LogP contribution in [0.25, 0.3) is 0 Å². The van der Waals surface area contributed by atoms with E-state index in [1.54, 1.807) is 0 Å². The Bertz CT molecular complexity index is 273. The number of hydroxylamine groups is 3. The minimum atomic E-state index is -1.73. The number of aliphatic carboxylic acids is 1. The normalized spacial score (nSPS) is 23.2. The number of alkyl halides is 1. The van der Waals surface area contributed by atoms with Crippen molar-refractivity contribution in [1.29, 1.82) is 0 Å². The van der Waals surface area contributed by atoms with Gasteiger partial charge in [0.1, 0.15) is 5.97 Å². The zero-order chi connectivity index (χ0) is 10.2. The molecular formula is C6H6BrNO5. The van der Waals surface area contributed by atoms with Crippen LogP contribution in [0.15, 0.2) is 0 Å². The van der Waals surface area contributed by atoms with Gasteiger partial charge in [0.05, 0.1) is 12.8 Å². The Morgan fingerprint density at radius 3 is 2.15 bits per heavy atom. The predicted octanol–water partition coefficient (Wildman–Crippen LogP) is -1.49. The minimum Gasteiger partial charge on any atom is -0.543 e. The van der Waals surface area contributed by atoms with Crippen molar-refractivity contribution >= 4 is 33.7 Å². The third-order valence-corrected chi connectivity index (χ3v) is 2.80. The van der Waals surface area contributed by atoms with E-state index in [0.717, 1.165) is 0 Å². The molecule has 0 aliphatic carbocycles. The molecule has 13 heavy (non-hydrogen) atoms. The maximum absolute atomic E-state index is 11.0. The number of nitrogens with zero attached hydrogens (tertiary/aromatic N) is 1. The summed E-state index contributed by atoms with van der Waals surface area (Å²) in [5.41, 5.74) is 0. The van der Waals surface area contributed by atoms with E-state index in [1.165, 1.54) is 0 Å². The Hall–Kier alpha value is -0.790. The average Bonchev–Trinajstić information content (AvgIpc) is 2.32. The van der Waals surface area contributed by atoms with Gasteiger partial charge in [0, 0.05) is 0 Å². The number of halogens is 1. The van der Waals surface area contributed by atoms with Crippen LogP contribution in [-0.4, -0.2) is 32.6 Å². The number of hydrogen-bond acceptors (Lipinski definition) is 5. The largest absolute Gasteiger partial charge is 0.543 e. The number of amides is 2. The Morgan fingerprint density at radius 1 is 1.46 bits per heavy atom. The van der Waals surface area contributed by atoms with Gasteiger partial charge in [0.2, 0.25) is 4.95 Å². The Labute approximate surface area is 81.4 Å². The van der Waals surface area contributed by atoms with Crippen LogP contribution >= 0.6 is 15.9 Å². The summed E-state index contributed by atoms with van der Waals surface area (Å²) in [6.45, 7) is 0. The fraction of sp³-hybridized carbons (Fsp3) is 0.500. The molecule has 1 N–H and O–H groups in total. The maximum atomic E-state index is 11.0. The number of rotatable bonds is 2. The molecule has 1 atom stereocenters. The molecule has 7 heteroatoms. The van der Waals surface area contributed by atoms with Crippen molar-refractivity contribution in [3.63, 3.8) is 0 Å². The molecule has 1 aliphatic heterocycles. The lowest BCUT2D eigenvalue weighted by atomic mass is 10.4. The molecule has 1 unspecified atom stereocenters. The molecule has 0 spiro atoms. The van der Waals surface area contributed by atoms with Crippen LogP contribution in [0.2, 0.25) is 0 Å². The lowest BCUT2D eigenvalue weighted by molar-refractivity contribution is -0.973. The van der Waals surface area contributed by atoms with Gasteiger partial charge >= 0.3 is 11.8 Å². The van der Waals surface area contributed by atoms with Crippen molar-refractivity contribution in [2.24, 2.45) is 0 Å². The van der Waals surface area contributed by atoms with Crippen molar-refractivity contribution in [2.75, 3.05) is 0 Å². The summed E-state index contributed by atoms with van der Waals surface area (Å²) >= 11 is 2.52. The van der Waals surface area contributed by atoms with Crippen LogP contribution < -0.4 is 5.11 Å². The first-order valence-corrected chi connectivity index (χ1v) is 4.35. The fourth-order valence-corrected chi connectivity index (χ4v) is 1.56. The van der Waals surface area contributed by atoms with E-state index in [2.05, 4.69) is 15.9 Å². The van der Waals surface area contributed by atoms with Crippen LogP contribution in [-0.2, 0) is 14.4 Å². The summed E-state index contributed by atoms with van der Waals surface area (Å²) in [6, 6.07) is 0. The SMILES string of the molecule is O=C([O-])C(Br)[N+]1(O)C(=O)CCC1=O. The summed E-state index contributed by atoms with van der Waals surface area (Å²) < 4.78 is -1.73. The second-order valence-corrected chi connectivity index (χ2v) is 3.50. The first kappa shape index (κ1) is 10.3. The highest BCUT2D eigenvalue weighted by atomic mass is 79.9. The molecule has 0 bridgehead atoms. The van der Waals surface area contributed by atoms with Crippen LogP contribution in [0.4, 0.5) is 0 Å². The second-order valence-electron chi connectivity index (χ2n) is 2.63. The standard InChI is InChI=1S/C6H6BrNO5/c7-5(6(11)12)8(13)3(9)1-2-4(8)10/h5,13H,1-2H2. The van der Waals surface area contributed by atoms with E-state index in [1.807, 2.05) is 0 Å². The van der Waals surface area contributed by atoms with Crippen molar-refractivity contribution in [3.05, 3.63) is 0 Å². The molecule has 1 rings (SSSR count). The topological polar surface area (TPSA) is 94.5 Å². The van der Waals surface area contributed by atoms with E-state index in [0.29, 0.717) is 0 Å². The zero-order valence-corrected chi connectivity index (χ0v) is 7.98. The van der Waals surface area contributed by atoms with Crippen LogP contribution in [0, 0.1) is 0 Å². The van der Waals surface area contributed by atoms with E-state index < -0.39 is 27.4 Å². The summed E-state index contributed by atoms with van der Waals surface area (Å²) in [4.78, 5) is 30.7. The smallest absolute Gasteiger partial charge is 0.355 e. The molecule has 0 aromatic heterocycles. The number of likely N-dealkylation sites (tertiary alicyclic amines) is 1. The first-order valence-electron chi connectivity index (χ1n) is 3.44. The number of quaternary nitrogens is 1. The van der Waals surface area contributed by atoms with Gasteiger partial charge in [-0.15, -0.1) is 0 Å². The van der Waals surface area contributed by atoms with E-state index in [4.69, 9.17) is 0 Å². The molecule has 0 aromatic carbocycles. The maximum Gasteiger partial charge on any atom is 0.355 e. The first-order chi connectivity index (χ1) is 5.90. The fourth-order valence-electron chi connectivity index (χ4n) is 1.10. The quantitative estimate of drug-likeness (QED) is 0.212. The van der Waals surface area contributed by atoms with Gasteiger partial charge in [0.15, 0.2) is 0 Å². The zero-order valence-electron chi connectivity index (χ0n) is 6.40. The molecule has 6 nitrogen and oxygen atoms in total. The molecule has 0 aromatic rings. The van der Waals surface area contributed by atoms with Gasteiger partial charge in [-0.3, -0.25) is 0 Å². The summed E-state index contributed by atoms with van der Waals surface area (Å²) in [7, 11) is 0. The van der Waals surface area contributed by atoms with Crippen LogP contribution in [0.3, 0.4) is 0 Å². The number of carbonyl (C=O) groups is 3. The highest BCUT2D eigenvalue weighted by molar-refractivity contribution is 9.09. The van der Waals surface area contributed by atoms with Crippen LogP contribution in [0.1, 0.15) is 12.8 Å². The third kappa shape index (κ3) is 1.38. The van der Waals surface area contributed by atoms with E-state index in [-0.39, 0.29) is 12.8 Å². The van der Waals surface area contributed by atoms with Crippen molar-refractivity contribution < 1.29 is 29.3 Å². The molecule has 1 heterocycles.